The van der Waals surface area contributed by atoms with Crippen molar-refractivity contribution in [3.8, 4) is 23.0 Å². The van der Waals surface area contributed by atoms with E-state index in [-0.39, 0.29) is 57.8 Å². The van der Waals surface area contributed by atoms with Crippen molar-refractivity contribution in [2.75, 3.05) is 23.4 Å². The van der Waals surface area contributed by atoms with Gasteiger partial charge < -0.3 is 40.5 Å². The number of halogens is 1. The van der Waals surface area contributed by atoms with Crippen molar-refractivity contribution in [3.63, 3.8) is 0 Å². The van der Waals surface area contributed by atoms with Crippen LogP contribution < -0.4 is 15.4 Å². The Morgan fingerprint density at radius 1 is 1.00 bits per heavy atom. The average Bonchev–Trinajstić information content (AvgIpc) is 3.58. The van der Waals surface area contributed by atoms with Gasteiger partial charge >= 0.3 is 5.97 Å². The number of ketones is 2. The number of Topliss-reactive ketones (excluding diaryl/α,β-unsaturated/α-hetero) is 1. The lowest BCUT2D eigenvalue weighted by molar-refractivity contribution is -0.218. The molecule has 59 heavy (non-hydrogen) atoms. The number of benzene rings is 3. The van der Waals surface area contributed by atoms with Crippen molar-refractivity contribution in [3.05, 3.63) is 101 Å². The van der Waals surface area contributed by atoms with E-state index in [2.05, 4.69) is 10.6 Å². The molecule has 1 spiro atoms. The minimum Gasteiger partial charge on any atom is -0.508 e. The number of carbonyl (C=O) groups is 3. The maximum Gasteiger partial charge on any atom is 0.340 e. The van der Waals surface area contributed by atoms with E-state index >= 15 is 4.39 Å². The molecule has 308 valence electrons. The van der Waals surface area contributed by atoms with Gasteiger partial charge in [-0.3, -0.25) is 9.59 Å². The third kappa shape index (κ3) is 5.51. The summed E-state index contributed by atoms with van der Waals surface area (Å²) in [4.78, 5) is 39.7. The highest BCUT2D eigenvalue weighted by atomic mass is 32.2. The van der Waals surface area contributed by atoms with Gasteiger partial charge in [0.05, 0.1) is 17.4 Å². The van der Waals surface area contributed by atoms with E-state index in [0.717, 1.165) is 0 Å². The molecule has 3 fully saturated rings. The molecule has 6 aliphatic rings. The molecule has 0 amide bonds. The molecule has 9 rings (SSSR count). The molecule has 11 nitrogen and oxygen atoms in total. The highest BCUT2D eigenvalue weighted by Crippen LogP contribution is 2.71. The van der Waals surface area contributed by atoms with Crippen LogP contribution in [0, 0.1) is 28.6 Å². The molecule has 3 saturated carbocycles. The van der Waals surface area contributed by atoms with Crippen molar-refractivity contribution in [2.45, 2.75) is 69.4 Å². The summed E-state index contributed by atoms with van der Waals surface area (Å²) in [6, 6.07) is 14.3. The van der Waals surface area contributed by atoms with Crippen LogP contribution in [-0.4, -0.2) is 78.5 Å². The Morgan fingerprint density at radius 3 is 2.37 bits per heavy atom. The largest absolute Gasteiger partial charge is 0.508 e. The number of hydrogen-bond donors (Lipinski definition) is 6. The quantitative estimate of drug-likeness (QED) is 0.0854. The molecule has 8 atom stereocenters. The molecular formula is C45H45FN2O9S2. The van der Waals surface area contributed by atoms with Gasteiger partial charge in [0.15, 0.2) is 27.9 Å². The molecule has 2 heterocycles. The molecule has 4 aliphatic carbocycles. The van der Waals surface area contributed by atoms with Crippen molar-refractivity contribution in [2.24, 2.45) is 28.6 Å². The number of nitrogens with one attached hydrogen (secondary N) is 2. The van der Waals surface area contributed by atoms with Crippen LogP contribution in [0.2, 0.25) is 0 Å². The lowest BCUT2D eigenvalue weighted by atomic mass is 9.44. The number of thiocarbonyl (C=S) groups is 1. The topological polar surface area (TPSA) is 175 Å². The van der Waals surface area contributed by atoms with Gasteiger partial charge in [-0.05, 0) is 105 Å². The van der Waals surface area contributed by atoms with Crippen LogP contribution in [0.15, 0.2) is 78.4 Å². The minimum absolute atomic E-state index is 0.0210. The number of allylic oxidation sites excluding steroid dienone is 4. The molecule has 2 aliphatic heterocycles. The molecule has 0 bridgehead atoms. The Balaban J connectivity index is 0.837. The number of aromatic hydroxyl groups is 2. The number of esters is 1. The van der Waals surface area contributed by atoms with E-state index in [0.29, 0.717) is 65.1 Å². The molecular weight excluding hydrogens is 796 g/mol. The average molecular weight is 841 g/mol. The van der Waals surface area contributed by atoms with Gasteiger partial charge in [-0.25, -0.2) is 9.18 Å². The fourth-order valence-electron chi connectivity index (χ4n) is 11.6. The lowest BCUT2D eigenvalue weighted by Crippen LogP contribution is -2.69. The van der Waals surface area contributed by atoms with Crippen LogP contribution in [-0.2, 0) is 19.9 Å². The molecule has 0 unspecified atom stereocenters. The first-order chi connectivity index (χ1) is 28.0. The van der Waals surface area contributed by atoms with Gasteiger partial charge in [0, 0.05) is 63.6 Å². The number of phenols is 2. The number of phenolic OH excluding ortho intramolecular Hbond substituents is 2. The van der Waals surface area contributed by atoms with E-state index in [4.69, 9.17) is 21.7 Å². The molecule has 0 saturated heterocycles. The zero-order chi connectivity index (χ0) is 41.9. The molecule has 0 radical (unpaired) electrons. The van der Waals surface area contributed by atoms with Gasteiger partial charge in [-0.15, -0.1) is 0 Å². The van der Waals surface area contributed by atoms with Gasteiger partial charge in [0.25, 0.3) is 0 Å². The number of anilines is 1. The first-order valence-corrected chi connectivity index (χ1v) is 21.5. The highest BCUT2D eigenvalue weighted by Gasteiger charge is 2.75. The molecule has 14 heteroatoms. The van der Waals surface area contributed by atoms with E-state index in [9.17, 15) is 34.8 Å². The van der Waals surface area contributed by atoms with Gasteiger partial charge in [-0.1, -0.05) is 31.6 Å². The Morgan fingerprint density at radius 2 is 1.68 bits per heavy atom. The van der Waals surface area contributed by atoms with Crippen LogP contribution in [0.4, 0.5) is 10.1 Å². The number of rotatable bonds is 7. The van der Waals surface area contributed by atoms with Crippen LogP contribution in [0.3, 0.4) is 0 Å². The zero-order valence-corrected chi connectivity index (χ0v) is 34.3. The highest BCUT2D eigenvalue weighted by molar-refractivity contribution is 8.00. The number of alkyl halides is 1. The van der Waals surface area contributed by atoms with Gasteiger partial charge in [-0.2, -0.15) is 11.8 Å². The normalized spacial score (nSPS) is 32.9. The number of aliphatic hydroxyl groups excluding tert-OH is 1. The zero-order valence-electron chi connectivity index (χ0n) is 32.7. The summed E-state index contributed by atoms with van der Waals surface area (Å²) in [6.07, 6.45) is 4.38. The lowest BCUT2D eigenvalue weighted by Gasteiger charge is -2.62. The third-order valence-electron chi connectivity index (χ3n) is 14.4. The summed E-state index contributed by atoms with van der Waals surface area (Å²) in [5, 5.41) is 50.9. The van der Waals surface area contributed by atoms with Crippen molar-refractivity contribution in [1.29, 1.82) is 0 Å². The maximum absolute atomic E-state index is 17.5. The summed E-state index contributed by atoms with van der Waals surface area (Å²) < 4.78 is 29.7. The Kier molecular flexibility index (Phi) is 9.17. The number of aliphatic hydroxyl groups is 2. The van der Waals surface area contributed by atoms with Crippen molar-refractivity contribution >= 4 is 52.3 Å². The molecule has 3 aromatic rings. The minimum atomic E-state index is -2.04. The van der Waals surface area contributed by atoms with Crippen molar-refractivity contribution in [1.82, 2.24) is 5.32 Å². The van der Waals surface area contributed by atoms with Crippen LogP contribution in [0.1, 0.15) is 73.5 Å². The van der Waals surface area contributed by atoms with Crippen molar-refractivity contribution < 1.29 is 48.7 Å². The third-order valence-corrected chi connectivity index (χ3v) is 15.6. The second-order valence-electron chi connectivity index (χ2n) is 17.3. The first-order valence-electron chi connectivity index (χ1n) is 19.9. The van der Waals surface area contributed by atoms with Gasteiger partial charge in [0.1, 0.15) is 28.6 Å². The predicted octanol–water partition coefficient (Wildman–Crippen LogP) is 6.60. The maximum atomic E-state index is 17.5. The van der Waals surface area contributed by atoms with E-state index in [1.807, 2.05) is 13.8 Å². The summed E-state index contributed by atoms with van der Waals surface area (Å²) in [5.41, 5.74) is -4.25. The number of thioether (sulfide) groups is 1. The van der Waals surface area contributed by atoms with Gasteiger partial charge in [0.2, 0.25) is 0 Å². The summed E-state index contributed by atoms with van der Waals surface area (Å²) in [7, 11) is 0. The van der Waals surface area contributed by atoms with E-state index in [1.54, 1.807) is 43.3 Å². The fraction of sp³-hybridized carbons (Fsp3) is 0.422. The number of ether oxygens (including phenoxy) is 2. The van der Waals surface area contributed by atoms with E-state index < -0.39 is 51.6 Å². The Hall–Kier alpha value is -4.76. The number of hydrogen-bond acceptors (Lipinski definition) is 11. The molecule has 3 aromatic carbocycles. The summed E-state index contributed by atoms with van der Waals surface area (Å²) in [5.74, 6) is -1.48. The SMILES string of the molecule is C[C@@H]1C[C@H]2[C@@H]3CCC4=CC(=O)C=C[C@]4(C)[C@@]3(F)[C@@H](O)C[C@]2(C)[C@@]1(O)C(=O)CSCCNC(=S)Nc1ccc2c(c1)C(=O)OC21c2ccc(O)cc2Oc2cc(O)ccc21. The summed E-state index contributed by atoms with van der Waals surface area (Å²) in [6.45, 7) is 5.82. The smallest absolute Gasteiger partial charge is 0.340 e. The molecule has 0 aromatic heterocycles. The Bertz CT molecular complexity index is 2370. The summed E-state index contributed by atoms with van der Waals surface area (Å²) >= 11 is 6.90. The molecule has 6 N–H and O–H groups in total. The second kappa shape index (κ2) is 13.6. The van der Waals surface area contributed by atoms with E-state index in [1.165, 1.54) is 48.2 Å². The first kappa shape index (κ1) is 39.7. The standard InChI is InChI=1S/C45H45FN2O9S2/c1-23-16-34-31-8-4-24-17-28(51)12-13-41(24,2)44(31,46)37(52)21-42(34,3)45(23,55)38(53)22-59-15-14-47-40(58)48-25-5-9-30-29(18-25)39(54)57-43(30)32-10-6-26(49)19-35(32)56-36-20-27(50)7-11-33(36)43/h5-7,9-13,17-20,23,31,34,37,49-50,52,55H,4,8,14-16,21-22H2,1-3H3,(H2,47,48,58)/t23-,31+,34+,37+,41+,42+,44+,45+/m1/s1. The van der Waals surface area contributed by atoms with Crippen LogP contribution in [0.5, 0.6) is 23.0 Å². The Labute approximate surface area is 350 Å². The fourth-order valence-corrected chi connectivity index (χ4v) is 12.6. The van der Waals surface area contributed by atoms with Crippen LogP contribution in [0.25, 0.3) is 0 Å². The monoisotopic (exact) mass is 840 g/mol. The number of fused-ring (bicyclic) bond motifs is 11. The van der Waals surface area contributed by atoms with Crippen LogP contribution >= 0.6 is 24.0 Å². The number of carbonyl (C=O) groups excluding carboxylic acids is 3. The second-order valence-corrected chi connectivity index (χ2v) is 18.8. The predicted molar refractivity (Wildman–Crippen MR) is 222 cm³/mol.